The lowest BCUT2D eigenvalue weighted by atomic mass is 10.1. The van der Waals surface area contributed by atoms with Crippen LogP contribution in [0.5, 0.6) is 5.75 Å². The van der Waals surface area contributed by atoms with Gasteiger partial charge in [0.2, 0.25) is 5.91 Å². The van der Waals surface area contributed by atoms with Crippen molar-refractivity contribution in [2.24, 2.45) is 0 Å². The quantitative estimate of drug-likeness (QED) is 0.746. The van der Waals surface area contributed by atoms with Crippen LogP contribution in [0.25, 0.3) is 0 Å². The van der Waals surface area contributed by atoms with Crippen molar-refractivity contribution in [3.8, 4) is 5.75 Å². The maximum absolute atomic E-state index is 13.6. The van der Waals surface area contributed by atoms with Crippen LogP contribution in [0.15, 0.2) is 36.5 Å². The SMILES string of the molecule is CCN(CC)c1ccc(CNC(=O)CCc2ccc(OC)c(F)c2)cn1. The number of carbonyl (C=O) groups excluding carboxylic acids is 1. The van der Waals surface area contributed by atoms with Gasteiger partial charge in [0.1, 0.15) is 5.82 Å². The molecule has 0 unspecified atom stereocenters. The summed E-state index contributed by atoms with van der Waals surface area (Å²) in [5.41, 5.74) is 1.72. The third-order valence-corrected chi connectivity index (χ3v) is 4.24. The Bertz CT molecular complexity index is 715. The van der Waals surface area contributed by atoms with E-state index in [0.29, 0.717) is 19.4 Å². The summed E-state index contributed by atoms with van der Waals surface area (Å²) in [7, 11) is 1.43. The molecule has 5 nitrogen and oxygen atoms in total. The van der Waals surface area contributed by atoms with Crippen LogP contribution in [0.2, 0.25) is 0 Å². The molecule has 0 atom stereocenters. The number of nitrogens with zero attached hydrogens (tertiary/aromatic N) is 2. The summed E-state index contributed by atoms with van der Waals surface area (Å²) in [5, 5.41) is 2.87. The molecular formula is C20H26FN3O2. The molecule has 1 N–H and O–H groups in total. The second-order valence-electron chi connectivity index (χ2n) is 5.94. The van der Waals surface area contributed by atoms with E-state index in [0.717, 1.165) is 30.0 Å². The zero-order chi connectivity index (χ0) is 18.9. The maximum Gasteiger partial charge on any atom is 0.220 e. The highest BCUT2D eigenvalue weighted by molar-refractivity contribution is 5.76. The molecule has 1 amide bonds. The Morgan fingerprint density at radius 2 is 1.92 bits per heavy atom. The van der Waals surface area contributed by atoms with Crippen LogP contribution in [-0.2, 0) is 17.8 Å². The van der Waals surface area contributed by atoms with Crippen molar-refractivity contribution in [3.05, 3.63) is 53.5 Å². The minimum Gasteiger partial charge on any atom is -0.494 e. The van der Waals surface area contributed by atoms with Gasteiger partial charge in [0.15, 0.2) is 11.6 Å². The summed E-state index contributed by atoms with van der Waals surface area (Å²) in [5.74, 6) is 0.657. The Morgan fingerprint density at radius 3 is 2.50 bits per heavy atom. The molecule has 0 saturated carbocycles. The molecule has 1 aromatic carbocycles. The monoisotopic (exact) mass is 359 g/mol. The van der Waals surface area contributed by atoms with E-state index in [2.05, 4.69) is 29.0 Å². The molecule has 0 fully saturated rings. The molecule has 6 heteroatoms. The van der Waals surface area contributed by atoms with E-state index in [4.69, 9.17) is 4.74 Å². The highest BCUT2D eigenvalue weighted by Crippen LogP contribution is 2.18. The largest absolute Gasteiger partial charge is 0.494 e. The second kappa shape index (κ2) is 9.75. The Balaban J connectivity index is 1.80. The number of aromatic nitrogens is 1. The topological polar surface area (TPSA) is 54.5 Å². The van der Waals surface area contributed by atoms with Gasteiger partial charge in [-0.1, -0.05) is 12.1 Å². The first kappa shape index (κ1) is 19.7. The lowest BCUT2D eigenvalue weighted by Crippen LogP contribution is -2.24. The molecule has 0 bridgehead atoms. The van der Waals surface area contributed by atoms with Gasteiger partial charge >= 0.3 is 0 Å². The zero-order valence-corrected chi connectivity index (χ0v) is 15.6. The Morgan fingerprint density at radius 1 is 1.19 bits per heavy atom. The third kappa shape index (κ3) is 5.44. The molecule has 0 aliphatic carbocycles. The molecule has 0 spiro atoms. The molecule has 1 heterocycles. The number of hydrogen-bond acceptors (Lipinski definition) is 4. The molecule has 2 aromatic rings. The number of halogens is 1. The number of nitrogens with one attached hydrogen (secondary N) is 1. The predicted molar refractivity (Wildman–Crippen MR) is 101 cm³/mol. The molecular weight excluding hydrogens is 333 g/mol. The molecule has 140 valence electrons. The molecule has 0 aliphatic rings. The zero-order valence-electron chi connectivity index (χ0n) is 15.6. The fourth-order valence-corrected chi connectivity index (χ4v) is 2.67. The highest BCUT2D eigenvalue weighted by Gasteiger charge is 2.07. The summed E-state index contributed by atoms with van der Waals surface area (Å²) in [6, 6.07) is 8.69. The number of ether oxygens (including phenoxy) is 1. The number of carbonyl (C=O) groups is 1. The normalized spacial score (nSPS) is 10.5. The molecule has 0 radical (unpaired) electrons. The molecule has 26 heavy (non-hydrogen) atoms. The van der Waals surface area contributed by atoms with Gasteiger partial charge in [-0.25, -0.2) is 9.37 Å². The number of anilines is 1. The summed E-state index contributed by atoms with van der Waals surface area (Å²) in [6.07, 6.45) is 2.56. The third-order valence-electron chi connectivity index (χ3n) is 4.24. The van der Waals surface area contributed by atoms with Crippen molar-refractivity contribution >= 4 is 11.7 Å². The van der Waals surface area contributed by atoms with E-state index in [1.54, 1.807) is 18.3 Å². The average molecular weight is 359 g/mol. The first-order chi connectivity index (χ1) is 12.6. The van der Waals surface area contributed by atoms with Gasteiger partial charge in [-0.3, -0.25) is 4.79 Å². The van der Waals surface area contributed by atoms with E-state index in [1.165, 1.54) is 13.2 Å². The fourth-order valence-electron chi connectivity index (χ4n) is 2.67. The number of amides is 1. The van der Waals surface area contributed by atoms with Gasteiger partial charge < -0.3 is 15.0 Å². The number of methoxy groups -OCH3 is 1. The maximum atomic E-state index is 13.6. The van der Waals surface area contributed by atoms with Crippen molar-refractivity contribution in [1.29, 1.82) is 0 Å². The minimum absolute atomic E-state index is 0.0750. The van der Waals surface area contributed by atoms with E-state index < -0.39 is 5.82 Å². The Hall–Kier alpha value is -2.63. The summed E-state index contributed by atoms with van der Waals surface area (Å²) in [6.45, 7) is 6.43. The van der Waals surface area contributed by atoms with Gasteiger partial charge in [0.25, 0.3) is 0 Å². The van der Waals surface area contributed by atoms with Gasteiger partial charge in [0.05, 0.1) is 7.11 Å². The standard InChI is InChI=1S/C20H26FN3O2/c1-4-24(5-2)19-10-7-16(13-22-19)14-23-20(25)11-8-15-6-9-18(26-3)17(21)12-15/h6-7,9-10,12-13H,4-5,8,11,14H2,1-3H3,(H,23,25). The van der Waals surface area contributed by atoms with Gasteiger partial charge in [0, 0.05) is 32.3 Å². The van der Waals surface area contributed by atoms with Crippen LogP contribution < -0.4 is 15.0 Å². The molecule has 0 saturated heterocycles. The van der Waals surface area contributed by atoms with E-state index >= 15 is 0 Å². The lowest BCUT2D eigenvalue weighted by molar-refractivity contribution is -0.121. The Kier molecular flexibility index (Phi) is 7.38. The summed E-state index contributed by atoms with van der Waals surface area (Å²) < 4.78 is 18.5. The first-order valence-corrected chi connectivity index (χ1v) is 8.86. The van der Waals surface area contributed by atoms with Gasteiger partial charge in [-0.15, -0.1) is 0 Å². The number of rotatable bonds is 9. The van der Waals surface area contributed by atoms with Crippen LogP contribution in [0, 0.1) is 5.82 Å². The Labute approximate surface area is 154 Å². The highest BCUT2D eigenvalue weighted by atomic mass is 19.1. The first-order valence-electron chi connectivity index (χ1n) is 8.86. The van der Waals surface area contributed by atoms with Crippen molar-refractivity contribution in [1.82, 2.24) is 10.3 Å². The molecule has 0 aliphatic heterocycles. The van der Waals surface area contributed by atoms with Crippen molar-refractivity contribution in [3.63, 3.8) is 0 Å². The number of pyridine rings is 1. The van der Waals surface area contributed by atoms with Crippen molar-refractivity contribution in [2.45, 2.75) is 33.2 Å². The summed E-state index contributed by atoms with van der Waals surface area (Å²) >= 11 is 0. The average Bonchev–Trinajstić information content (AvgIpc) is 2.66. The van der Waals surface area contributed by atoms with Crippen LogP contribution >= 0.6 is 0 Å². The minimum atomic E-state index is -0.412. The number of benzene rings is 1. The van der Waals surface area contributed by atoms with Crippen molar-refractivity contribution in [2.75, 3.05) is 25.1 Å². The van der Waals surface area contributed by atoms with Crippen LogP contribution in [0.3, 0.4) is 0 Å². The lowest BCUT2D eigenvalue weighted by Gasteiger charge is -2.19. The van der Waals surface area contributed by atoms with E-state index in [9.17, 15) is 9.18 Å². The number of aryl methyl sites for hydroxylation is 1. The second-order valence-corrected chi connectivity index (χ2v) is 5.94. The predicted octanol–water partition coefficient (Wildman–Crippen LogP) is 3.32. The summed E-state index contributed by atoms with van der Waals surface area (Å²) in [4.78, 5) is 18.6. The van der Waals surface area contributed by atoms with Crippen molar-refractivity contribution < 1.29 is 13.9 Å². The van der Waals surface area contributed by atoms with Crippen LogP contribution in [0.1, 0.15) is 31.4 Å². The van der Waals surface area contributed by atoms with Gasteiger partial charge in [-0.05, 0) is 49.6 Å². The van der Waals surface area contributed by atoms with Crippen LogP contribution in [-0.4, -0.2) is 31.1 Å². The van der Waals surface area contributed by atoms with Crippen LogP contribution in [0.4, 0.5) is 10.2 Å². The smallest absolute Gasteiger partial charge is 0.220 e. The molecule has 1 aromatic heterocycles. The molecule has 2 rings (SSSR count). The van der Waals surface area contributed by atoms with E-state index in [1.807, 2.05) is 12.1 Å². The number of hydrogen-bond donors (Lipinski definition) is 1. The van der Waals surface area contributed by atoms with Gasteiger partial charge in [-0.2, -0.15) is 0 Å². The van der Waals surface area contributed by atoms with E-state index in [-0.39, 0.29) is 11.7 Å². The fraction of sp³-hybridized carbons (Fsp3) is 0.400.